The monoisotopic (exact) mass is 201 g/mol. The highest BCUT2D eigenvalue weighted by Gasteiger charge is 2.12. The van der Waals surface area contributed by atoms with Crippen molar-refractivity contribution in [3.05, 3.63) is 28.8 Å². The lowest BCUT2D eigenvalue weighted by molar-refractivity contribution is 0.177. The summed E-state index contributed by atoms with van der Waals surface area (Å²) >= 11 is 5.79. The molecule has 0 fully saturated rings. The second-order valence-corrected chi connectivity index (χ2v) is 3.13. The second kappa shape index (κ2) is 4.46. The number of aromatic hydroxyl groups is 1. The molecule has 0 spiro atoms. The third kappa shape index (κ3) is 2.34. The van der Waals surface area contributed by atoms with Crippen molar-refractivity contribution in [2.45, 2.75) is 6.10 Å². The summed E-state index contributed by atoms with van der Waals surface area (Å²) in [5.74, 6) is -0.00526. The largest absolute Gasteiger partial charge is 0.506 e. The lowest BCUT2D eigenvalue weighted by Gasteiger charge is -2.12. The van der Waals surface area contributed by atoms with E-state index in [1.165, 1.54) is 6.07 Å². The van der Waals surface area contributed by atoms with E-state index in [9.17, 15) is 10.2 Å². The highest BCUT2D eigenvalue weighted by Crippen LogP contribution is 2.30. The zero-order valence-corrected chi connectivity index (χ0v) is 8.04. The first-order valence-corrected chi connectivity index (χ1v) is 4.34. The normalized spacial score (nSPS) is 12.8. The van der Waals surface area contributed by atoms with Crippen molar-refractivity contribution in [3.8, 4) is 5.75 Å². The maximum Gasteiger partial charge on any atom is 0.134 e. The van der Waals surface area contributed by atoms with Crippen LogP contribution in [0.1, 0.15) is 11.7 Å². The minimum Gasteiger partial charge on any atom is -0.506 e. The van der Waals surface area contributed by atoms with Gasteiger partial charge >= 0.3 is 0 Å². The van der Waals surface area contributed by atoms with E-state index in [2.05, 4.69) is 5.32 Å². The van der Waals surface area contributed by atoms with Crippen LogP contribution >= 0.6 is 11.6 Å². The highest BCUT2D eigenvalue weighted by molar-refractivity contribution is 6.32. The third-order valence-electron chi connectivity index (χ3n) is 1.76. The quantitative estimate of drug-likeness (QED) is 0.691. The van der Waals surface area contributed by atoms with Crippen LogP contribution in [-0.4, -0.2) is 23.8 Å². The van der Waals surface area contributed by atoms with Crippen molar-refractivity contribution in [1.29, 1.82) is 0 Å². The van der Waals surface area contributed by atoms with E-state index < -0.39 is 6.10 Å². The summed E-state index contributed by atoms with van der Waals surface area (Å²) in [6, 6.07) is 4.82. The molecule has 1 aromatic rings. The van der Waals surface area contributed by atoms with Gasteiger partial charge in [0.15, 0.2) is 0 Å². The van der Waals surface area contributed by atoms with Crippen LogP contribution in [-0.2, 0) is 0 Å². The summed E-state index contributed by atoms with van der Waals surface area (Å²) in [7, 11) is 1.74. The number of phenols is 1. The lowest BCUT2D eigenvalue weighted by Crippen LogP contribution is -2.16. The van der Waals surface area contributed by atoms with E-state index in [1.807, 2.05) is 0 Å². The molecule has 0 radical (unpaired) electrons. The molecule has 4 heteroatoms. The van der Waals surface area contributed by atoms with Crippen molar-refractivity contribution in [2.75, 3.05) is 13.6 Å². The van der Waals surface area contributed by atoms with Gasteiger partial charge in [-0.2, -0.15) is 0 Å². The summed E-state index contributed by atoms with van der Waals surface area (Å²) < 4.78 is 0. The smallest absolute Gasteiger partial charge is 0.134 e. The third-order valence-corrected chi connectivity index (χ3v) is 2.18. The molecule has 1 atom stereocenters. The molecule has 1 unspecified atom stereocenters. The Balaban J connectivity index is 2.93. The van der Waals surface area contributed by atoms with Gasteiger partial charge in [0.05, 0.1) is 11.1 Å². The standard InChI is InChI=1S/C9H12ClNO2/c1-11-5-8(13)6-3-2-4-7(12)9(6)10/h2-4,8,11-13H,5H2,1H3. The van der Waals surface area contributed by atoms with E-state index in [1.54, 1.807) is 19.2 Å². The van der Waals surface area contributed by atoms with E-state index >= 15 is 0 Å². The predicted octanol–water partition coefficient (Wildman–Crippen LogP) is 1.30. The van der Waals surface area contributed by atoms with E-state index in [4.69, 9.17) is 11.6 Å². The molecule has 0 amide bonds. The van der Waals surface area contributed by atoms with Crippen molar-refractivity contribution in [1.82, 2.24) is 5.32 Å². The van der Waals surface area contributed by atoms with E-state index in [0.717, 1.165) is 0 Å². The molecule has 3 nitrogen and oxygen atoms in total. The molecule has 0 aliphatic rings. The number of likely N-dealkylation sites (N-methyl/N-ethyl adjacent to an activating group) is 1. The van der Waals surface area contributed by atoms with Crippen molar-refractivity contribution in [2.24, 2.45) is 0 Å². The molecule has 0 bridgehead atoms. The lowest BCUT2D eigenvalue weighted by atomic mass is 10.1. The molecular formula is C9H12ClNO2. The highest BCUT2D eigenvalue weighted by atomic mass is 35.5. The molecule has 0 saturated heterocycles. The number of nitrogens with one attached hydrogen (secondary N) is 1. The number of hydrogen-bond acceptors (Lipinski definition) is 3. The maximum absolute atomic E-state index is 9.57. The van der Waals surface area contributed by atoms with Gasteiger partial charge in [-0.05, 0) is 13.1 Å². The van der Waals surface area contributed by atoms with Gasteiger partial charge in [0.2, 0.25) is 0 Å². The Labute approximate surface area is 82.0 Å². The molecule has 1 aromatic carbocycles. The maximum atomic E-state index is 9.57. The van der Waals surface area contributed by atoms with Gasteiger partial charge < -0.3 is 15.5 Å². The molecule has 0 aromatic heterocycles. The number of aliphatic hydroxyl groups is 1. The van der Waals surface area contributed by atoms with Gasteiger partial charge in [0, 0.05) is 12.1 Å². The van der Waals surface area contributed by atoms with Crippen LogP contribution in [0, 0.1) is 0 Å². The zero-order valence-electron chi connectivity index (χ0n) is 7.29. The van der Waals surface area contributed by atoms with Crippen LogP contribution in [0.5, 0.6) is 5.75 Å². The number of benzene rings is 1. The fraction of sp³-hybridized carbons (Fsp3) is 0.333. The van der Waals surface area contributed by atoms with Crippen LogP contribution in [0.25, 0.3) is 0 Å². The SMILES string of the molecule is CNCC(O)c1cccc(O)c1Cl. The number of rotatable bonds is 3. The molecule has 13 heavy (non-hydrogen) atoms. The fourth-order valence-corrected chi connectivity index (χ4v) is 1.35. The predicted molar refractivity (Wildman–Crippen MR) is 52.0 cm³/mol. The summed E-state index contributed by atoms with van der Waals surface area (Å²) in [6.45, 7) is 0.406. The van der Waals surface area contributed by atoms with Crippen LogP contribution in [0.3, 0.4) is 0 Å². The number of aliphatic hydroxyl groups excluding tert-OH is 1. The van der Waals surface area contributed by atoms with Crippen LogP contribution in [0.15, 0.2) is 18.2 Å². The average molecular weight is 202 g/mol. The van der Waals surface area contributed by atoms with Crippen molar-refractivity contribution >= 4 is 11.6 Å². The Morgan fingerprint density at radius 3 is 2.85 bits per heavy atom. The Kier molecular flexibility index (Phi) is 3.54. The van der Waals surface area contributed by atoms with E-state index in [-0.39, 0.29) is 10.8 Å². The zero-order chi connectivity index (χ0) is 9.84. The minimum atomic E-state index is -0.690. The summed E-state index contributed by atoms with van der Waals surface area (Å²) in [4.78, 5) is 0. The fourth-order valence-electron chi connectivity index (χ4n) is 1.10. The summed E-state index contributed by atoms with van der Waals surface area (Å²) in [5.41, 5.74) is 0.538. The molecular weight excluding hydrogens is 190 g/mol. The molecule has 0 aliphatic heterocycles. The molecule has 0 heterocycles. The van der Waals surface area contributed by atoms with Gasteiger partial charge in [-0.25, -0.2) is 0 Å². The van der Waals surface area contributed by atoms with Crippen LogP contribution in [0.4, 0.5) is 0 Å². The van der Waals surface area contributed by atoms with Gasteiger partial charge in [-0.3, -0.25) is 0 Å². The Morgan fingerprint density at radius 1 is 1.54 bits per heavy atom. The van der Waals surface area contributed by atoms with E-state index in [0.29, 0.717) is 12.1 Å². The topological polar surface area (TPSA) is 52.5 Å². The number of hydrogen-bond donors (Lipinski definition) is 3. The second-order valence-electron chi connectivity index (χ2n) is 2.75. The Bertz CT molecular complexity index is 291. The summed E-state index contributed by atoms with van der Waals surface area (Å²) in [6.07, 6.45) is -0.690. The first kappa shape index (κ1) is 10.3. The molecule has 3 N–H and O–H groups in total. The van der Waals surface area contributed by atoms with Gasteiger partial charge in [-0.1, -0.05) is 23.7 Å². The minimum absolute atomic E-state index is 0.00526. The van der Waals surface area contributed by atoms with Gasteiger partial charge in [0.1, 0.15) is 5.75 Å². The van der Waals surface area contributed by atoms with Gasteiger partial charge in [0.25, 0.3) is 0 Å². The molecule has 1 rings (SSSR count). The molecule has 0 aliphatic carbocycles. The van der Waals surface area contributed by atoms with Crippen LogP contribution < -0.4 is 5.32 Å². The first-order valence-electron chi connectivity index (χ1n) is 3.97. The number of halogens is 1. The van der Waals surface area contributed by atoms with Crippen LogP contribution in [0.2, 0.25) is 5.02 Å². The Morgan fingerprint density at radius 2 is 2.23 bits per heavy atom. The molecule has 72 valence electrons. The first-order chi connectivity index (χ1) is 6.16. The molecule has 0 saturated carbocycles. The van der Waals surface area contributed by atoms with Crippen molar-refractivity contribution in [3.63, 3.8) is 0 Å². The number of phenolic OH excluding ortho intramolecular Hbond substituents is 1. The van der Waals surface area contributed by atoms with Crippen molar-refractivity contribution < 1.29 is 10.2 Å². The Hall–Kier alpha value is -0.770. The summed E-state index contributed by atoms with van der Waals surface area (Å²) in [5, 5.41) is 21.9. The van der Waals surface area contributed by atoms with Gasteiger partial charge in [-0.15, -0.1) is 0 Å². The average Bonchev–Trinajstić information content (AvgIpc) is 2.10.